The molecule has 0 saturated heterocycles. The molecule has 2 heterocycles. The van der Waals surface area contributed by atoms with Crippen molar-refractivity contribution in [1.82, 2.24) is 19.8 Å². The van der Waals surface area contributed by atoms with Crippen LogP contribution in [-0.4, -0.2) is 31.5 Å². The van der Waals surface area contributed by atoms with Gasteiger partial charge in [-0.25, -0.2) is 4.39 Å². The molecule has 0 saturated carbocycles. The Labute approximate surface area is 123 Å². The van der Waals surface area contributed by atoms with Crippen molar-refractivity contribution in [3.63, 3.8) is 0 Å². The van der Waals surface area contributed by atoms with Crippen LogP contribution < -0.4 is 5.73 Å². The summed E-state index contributed by atoms with van der Waals surface area (Å²) < 4.78 is 14.5. The summed E-state index contributed by atoms with van der Waals surface area (Å²) in [5, 5.41) is 13.1. The summed E-state index contributed by atoms with van der Waals surface area (Å²) in [6.45, 7) is 0. The van der Waals surface area contributed by atoms with Gasteiger partial charge in [0.15, 0.2) is 11.5 Å². The summed E-state index contributed by atoms with van der Waals surface area (Å²) in [5.74, 6) is -0.0823. The van der Waals surface area contributed by atoms with Gasteiger partial charge in [-0.1, -0.05) is 11.8 Å². The Bertz CT molecular complexity index is 802. The third-order valence-corrected chi connectivity index (χ3v) is 3.65. The summed E-state index contributed by atoms with van der Waals surface area (Å²) in [4.78, 5) is 10.8. The molecule has 0 fully saturated rings. The van der Waals surface area contributed by atoms with Crippen molar-refractivity contribution < 1.29 is 9.18 Å². The van der Waals surface area contributed by atoms with E-state index in [0.29, 0.717) is 22.1 Å². The largest absolute Gasteiger partial charge is 0.369 e. The second-order valence-corrected chi connectivity index (χ2v) is 5.22. The number of primary amides is 1. The summed E-state index contributed by atoms with van der Waals surface area (Å²) in [5.41, 5.74) is 6.38. The third-order valence-electron chi connectivity index (χ3n) is 2.70. The number of hydrogen-bond acceptors (Lipinski definition) is 5. The average Bonchev–Trinajstić information content (AvgIpc) is 2.89. The predicted octanol–water partition coefficient (Wildman–Crippen LogP) is 1.51. The summed E-state index contributed by atoms with van der Waals surface area (Å²) in [6, 6.07) is 9.40. The van der Waals surface area contributed by atoms with Crippen LogP contribution in [0.2, 0.25) is 0 Å². The molecule has 21 heavy (non-hydrogen) atoms. The number of nitrogens with two attached hydrogens (primary N) is 1. The van der Waals surface area contributed by atoms with Gasteiger partial charge in [-0.3, -0.25) is 4.79 Å². The van der Waals surface area contributed by atoms with Crippen molar-refractivity contribution >= 4 is 23.3 Å². The number of benzene rings is 1. The zero-order chi connectivity index (χ0) is 14.8. The lowest BCUT2D eigenvalue weighted by atomic mass is 10.2. The Morgan fingerprint density at radius 3 is 2.67 bits per heavy atom. The van der Waals surface area contributed by atoms with Gasteiger partial charge in [0.1, 0.15) is 10.8 Å². The number of nitrogens with zero attached hydrogens (tertiary/aromatic N) is 4. The van der Waals surface area contributed by atoms with Crippen LogP contribution >= 0.6 is 11.8 Å². The molecule has 1 aromatic carbocycles. The smallest absolute Gasteiger partial charge is 0.227 e. The SMILES string of the molecule is NC(=O)CSc1ccc2nnc(-c3ccc(F)cc3)n2n1. The Morgan fingerprint density at radius 2 is 1.95 bits per heavy atom. The van der Waals surface area contributed by atoms with Gasteiger partial charge in [0, 0.05) is 5.56 Å². The van der Waals surface area contributed by atoms with Gasteiger partial charge in [0.05, 0.1) is 5.75 Å². The first-order valence-electron chi connectivity index (χ1n) is 6.03. The van der Waals surface area contributed by atoms with E-state index in [9.17, 15) is 9.18 Å². The topological polar surface area (TPSA) is 86.2 Å². The molecule has 0 bridgehead atoms. The number of thioether (sulfide) groups is 1. The normalized spacial score (nSPS) is 10.9. The van der Waals surface area contributed by atoms with E-state index in [4.69, 9.17) is 5.73 Å². The zero-order valence-electron chi connectivity index (χ0n) is 10.7. The molecular weight excluding hydrogens is 293 g/mol. The van der Waals surface area contributed by atoms with Crippen molar-refractivity contribution in [1.29, 1.82) is 0 Å². The monoisotopic (exact) mass is 303 g/mol. The fourth-order valence-electron chi connectivity index (χ4n) is 1.77. The maximum Gasteiger partial charge on any atom is 0.227 e. The molecule has 0 radical (unpaired) electrons. The van der Waals surface area contributed by atoms with Gasteiger partial charge in [0.25, 0.3) is 0 Å². The number of rotatable bonds is 4. The number of aromatic nitrogens is 4. The minimum absolute atomic E-state index is 0.145. The lowest BCUT2D eigenvalue weighted by molar-refractivity contribution is -0.115. The molecule has 3 rings (SSSR count). The maximum atomic E-state index is 13.0. The van der Waals surface area contributed by atoms with E-state index in [1.807, 2.05) is 0 Å². The summed E-state index contributed by atoms with van der Waals surface area (Å²) in [7, 11) is 0. The van der Waals surface area contributed by atoms with Crippen LogP contribution in [0.3, 0.4) is 0 Å². The van der Waals surface area contributed by atoms with Crippen molar-refractivity contribution in [3.8, 4) is 11.4 Å². The lowest BCUT2D eigenvalue weighted by Crippen LogP contribution is -2.13. The molecule has 3 aromatic rings. The second-order valence-electron chi connectivity index (χ2n) is 4.23. The molecule has 0 aliphatic heterocycles. The predicted molar refractivity (Wildman–Crippen MR) is 76.1 cm³/mol. The first-order chi connectivity index (χ1) is 10.1. The van der Waals surface area contributed by atoms with Crippen LogP contribution in [0.5, 0.6) is 0 Å². The van der Waals surface area contributed by atoms with Crippen LogP contribution in [-0.2, 0) is 4.79 Å². The quantitative estimate of drug-likeness (QED) is 0.738. The van der Waals surface area contributed by atoms with Gasteiger partial charge in [0.2, 0.25) is 5.91 Å². The van der Waals surface area contributed by atoms with Crippen LogP contribution in [0.25, 0.3) is 17.0 Å². The number of hydrogen-bond donors (Lipinski definition) is 1. The van der Waals surface area contributed by atoms with E-state index in [1.54, 1.807) is 28.8 Å². The van der Waals surface area contributed by atoms with Gasteiger partial charge >= 0.3 is 0 Å². The van der Waals surface area contributed by atoms with E-state index in [-0.39, 0.29) is 11.6 Å². The molecule has 0 aliphatic rings. The molecule has 2 N–H and O–H groups in total. The zero-order valence-corrected chi connectivity index (χ0v) is 11.5. The fraction of sp³-hybridized carbons (Fsp3) is 0.0769. The average molecular weight is 303 g/mol. The van der Waals surface area contributed by atoms with E-state index in [1.165, 1.54) is 23.9 Å². The minimum Gasteiger partial charge on any atom is -0.369 e. The molecular formula is C13H10FN5OS. The Morgan fingerprint density at radius 1 is 1.19 bits per heavy atom. The fourth-order valence-corrected chi connectivity index (χ4v) is 2.37. The van der Waals surface area contributed by atoms with Crippen LogP contribution in [0.15, 0.2) is 41.4 Å². The Balaban J connectivity index is 2.01. The van der Waals surface area contributed by atoms with Gasteiger partial charge in [-0.2, -0.15) is 9.61 Å². The molecule has 8 heteroatoms. The molecule has 0 unspecified atom stereocenters. The van der Waals surface area contributed by atoms with E-state index < -0.39 is 5.91 Å². The number of carbonyl (C=O) groups excluding carboxylic acids is 1. The molecule has 0 aliphatic carbocycles. The number of fused-ring (bicyclic) bond motifs is 1. The van der Waals surface area contributed by atoms with Crippen molar-refractivity contribution in [2.75, 3.05) is 5.75 Å². The van der Waals surface area contributed by atoms with Crippen LogP contribution in [0.1, 0.15) is 0 Å². The molecule has 0 spiro atoms. The number of carbonyl (C=O) groups is 1. The highest BCUT2D eigenvalue weighted by molar-refractivity contribution is 7.99. The minimum atomic E-state index is -0.413. The third kappa shape index (κ3) is 2.84. The highest BCUT2D eigenvalue weighted by Crippen LogP contribution is 2.20. The first-order valence-corrected chi connectivity index (χ1v) is 7.01. The van der Waals surface area contributed by atoms with E-state index in [0.717, 1.165) is 0 Å². The van der Waals surface area contributed by atoms with Gasteiger partial charge in [-0.05, 0) is 36.4 Å². The molecule has 106 valence electrons. The Hall–Kier alpha value is -2.48. The molecule has 0 atom stereocenters. The Kier molecular flexibility index (Phi) is 3.53. The first kappa shape index (κ1) is 13.5. The van der Waals surface area contributed by atoms with E-state index >= 15 is 0 Å². The standard InChI is InChI=1S/C13H10FN5OS/c14-9-3-1-8(2-4-9)13-17-16-11-5-6-12(18-19(11)13)21-7-10(15)20/h1-6H,7H2,(H2,15,20). The highest BCUT2D eigenvalue weighted by atomic mass is 32.2. The van der Waals surface area contributed by atoms with Crippen molar-refractivity contribution in [2.24, 2.45) is 5.73 Å². The van der Waals surface area contributed by atoms with E-state index in [2.05, 4.69) is 15.3 Å². The lowest BCUT2D eigenvalue weighted by Gasteiger charge is -2.02. The molecule has 6 nitrogen and oxygen atoms in total. The van der Waals surface area contributed by atoms with Crippen LogP contribution in [0, 0.1) is 5.82 Å². The van der Waals surface area contributed by atoms with Gasteiger partial charge < -0.3 is 5.73 Å². The second kappa shape index (κ2) is 5.49. The summed E-state index contributed by atoms with van der Waals surface area (Å²) in [6.07, 6.45) is 0. The van der Waals surface area contributed by atoms with Gasteiger partial charge in [-0.15, -0.1) is 10.2 Å². The molecule has 2 aromatic heterocycles. The molecule has 1 amide bonds. The van der Waals surface area contributed by atoms with Crippen molar-refractivity contribution in [3.05, 3.63) is 42.2 Å². The van der Waals surface area contributed by atoms with Crippen molar-refractivity contribution in [2.45, 2.75) is 5.03 Å². The summed E-state index contributed by atoms with van der Waals surface area (Å²) >= 11 is 1.23. The maximum absolute atomic E-state index is 13.0. The number of halogens is 1. The van der Waals surface area contributed by atoms with Crippen LogP contribution in [0.4, 0.5) is 4.39 Å². The highest BCUT2D eigenvalue weighted by Gasteiger charge is 2.10. The number of amides is 1.